The lowest BCUT2D eigenvalue weighted by molar-refractivity contribution is -0.138. The van der Waals surface area contributed by atoms with E-state index in [0.717, 1.165) is 12.8 Å². The molecule has 0 fully saturated rings. The van der Waals surface area contributed by atoms with Gasteiger partial charge in [-0.25, -0.2) is 0 Å². The fourth-order valence-corrected chi connectivity index (χ4v) is 1.69. The Kier molecular flexibility index (Phi) is 4.37. The lowest BCUT2D eigenvalue weighted by Crippen LogP contribution is -2.08. The second-order valence-electron chi connectivity index (χ2n) is 4.20. The van der Waals surface area contributed by atoms with Gasteiger partial charge in [-0.05, 0) is 31.4 Å². The molecule has 1 aromatic rings. The zero-order valence-corrected chi connectivity index (χ0v) is 10.1. The summed E-state index contributed by atoms with van der Waals surface area (Å²) in [6.45, 7) is 3.55. The maximum atomic E-state index is 10.9. The summed E-state index contributed by atoms with van der Waals surface area (Å²) < 4.78 is 0. The van der Waals surface area contributed by atoms with E-state index >= 15 is 0 Å². The normalized spacial score (nSPS) is 12.4. The van der Waals surface area contributed by atoms with Gasteiger partial charge in [-0.1, -0.05) is 13.3 Å². The molecule has 4 heteroatoms. The van der Waals surface area contributed by atoms with Crippen molar-refractivity contribution in [2.75, 3.05) is 0 Å². The highest BCUT2D eigenvalue weighted by Crippen LogP contribution is 2.33. The predicted octanol–water partition coefficient (Wildman–Crippen LogP) is 2.63. The average Bonchev–Trinajstić information content (AvgIpc) is 2.27. The van der Waals surface area contributed by atoms with Crippen LogP contribution in [0.4, 0.5) is 0 Å². The number of rotatable bonds is 5. The van der Waals surface area contributed by atoms with Crippen LogP contribution in [-0.2, 0) is 11.2 Å². The first-order valence-corrected chi connectivity index (χ1v) is 5.75. The Balaban J connectivity index is 3.09. The molecule has 4 nitrogen and oxygen atoms in total. The van der Waals surface area contributed by atoms with E-state index in [9.17, 15) is 15.0 Å². The molecule has 0 saturated heterocycles. The third-order valence-electron chi connectivity index (χ3n) is 2.86. The van der Waals surface area contributed by atoms with E-state index in [4.69, 9.17) is 5.11 Å². The van der Waals surface area contributed by atoms with Gasteiger partial charge in [0.15, 0.2) is 0 Å². The topological polar surface area (TPSA) is 77.8 Å². The molecule has 17 heavy (non-hydrogen) atoms. The van der Waals surface area contributed by atoms with E-state index in [0.29, 0.717) is 17.5 Å². The molecule has 0 aliphatic rings. The summed E-state index contributed by atoms with van der Waals surface area (Å²) in [4.78, 5) is 10.9. The summed E-state index contributed by atoms with van der Waals surface area (Å²) in [6, 6.07) is 2.80. The van der Waals surface area contributed by atoms with Crippen molar-refractivity contribution in [3.05, 3.63) is 23.3 Å². The van der Waals surface area contributed by atoms with Crippen LogP contribution in [0.15, 0.2) is 12.1 Å². The lowest BCUT2D eigenvalue weighted by Gasteiger charge is -2.12. The van der Waals surface area contributed by atoms with Crippen molar-refractivity contribution in [2.45, 2.75) is 39.0 Å². The van der Waals surface area contributed by atoms with E-state index in [1.165, 1.54) is 13.0 Å². The maximum absolute atomic E-state index is 10.9. The number of phenolic OH excluding ortho intramolecular Hbond substituents is 2. The van der Waals surface area contributed by atoms with Crippen molar-refractivity contribution in [1.29, 1.82) is 0 Å². The van der Waals surface area contributed by atoms with Crippen molar-refractivity contribution >= 4 is 5.97 Å². The number of hydrogen-bond acceptors (Lipinski definition) is 3. The van der Waals surface area contributed by atoms with Gasteiger partial charge in [-0.3, -0.25) is 4.79 Å². The van der Waals surface area contributed by atoms with Crippen molar-refractivity contribution in [3.8, 4) is 11.5 Å². The fourth-order valence-electron chi connectivity index (χ4n) is 1.69. The van der Waals surface area contributed by atoms with E-state index in [1.807, 2.05) is 6.92 Å². The summed E-state index contributed by atoms with van der Waals surface area (Å²) in [5.41, 5.74) is 1.04. The Morgan fingerprint density at radius 3 is 2.47 bits per heavy atom. The molecule has 0 aromatic heterocycles. The molecule has 94 valence electrons. The molecule has 0 amide bonds. The summed E-state index contributed by atoms with van der Waals surface area (Å²) in [5.74, 6) is -1.92. The third-order valence-corrected chi connectivity index (χ3v) is 2.86. The quantitative estimate of drug-likeness (QED) is 0.736. The molecular formula is C13H18O4. The van der Waals surface area contributed by atoms with Crippen LogP contribution in [0, 0.1) is 0 Å². The number of carbonyl (C=O) groups is 1. The summed E-state index contributed by atoms with van der Waals surface area (Å²) in [6.07, 6.45) is 2.59. The van der Waals surface area contributed by atoms with Gasteiger partial charge in [0.05, 0.1) is 5.92 Å². The van der Waals surface area contributed by atoms with E-state index < -0.39 is 11.9 Å². The zero-order valence-electron chi connectivity index (χ0n) is 10.1. The van der Waals surface area contributed by atoms with Crippen molar-refractivity contribution in [2.24, 2.45) is 0 Å². The minimum Gasteiger partial charge on any atom is -0.508 e. The molecule has 0 bridgehead atoms. The van der Waals surface area contributed by atoms with Crippen LogP contribution in [0.1, 0.15) is 43.7 Å². The number of carboxylic acid groups (broad SMARTS) is 1. The number of carboxylic acids is 1. The molecule has 0 saturated carbocycles. The van der Waals surface area contributed by atoms with Gasteiger partial charge in [0.1, 0.15) is 11.5 Å². The van der Waals surface area contributed by atoms with Crippen LogP contribution in [-0.4, -0.2) is 21.3 Å². The van der Waals surface area contributed by atoms with Crippen LogP contribution in [0.2, 0.25) is 0 Å². The van der Waals surface area contributed by atoms with Crippen LogP contribution < -0.4 is 0 Å². The Morgan fingerprint density at radius 2 is 1.94 bits per heavy atom. The SMILES string of the molecule is CCCCc1cc(C(C)C(=O)O)c(O)cc1O. The van der Waals surface area contributed by atoms with Crippen LogP contribution >= 0.6 is 0 Å². The Hall–Kier alpha value is -1.71. The second-order valence-corrected chi connectivity index (χ2v) is 4.20. The minimum absolute atomic E-state index is 0.0253. The minimum atomic E-state index is -0.993. The standard InChI is InChI=1S/C13H18O4/c1-3-4-5-9-6-10(8(2)13(16)17)12(15)7-11(9)14/h6-8,14-15H,3-5H2,1-2H3,(H,16,17). The first kappa shape index (κ1) is 13.4. The van der Waals surface area contributed by atoms with Crippen LogP contribution in [0.3, 0.4) is 0 Å². The molecule has 0 aliphatic heterocycles. The van der Waals surface area contributed by atoms with E-state index in [2.05, 4.69) is 0 Å². The van der Waals surface area contributed by atoms with Gasteiger partial charge in [-0.2, -0.15) is 0 Å². The maximum Gasteiger partial charge on any atom is 0.310 e. The number of unbranched alkanes of at least 4 members (excludes halogenated alkanes) is 1. The molecule has 1 aromatic carbocycles. The van der Waals surface area contributed by atoms with Gasteiger partial charge in [0.2, 0.25) is 0 Å². The van der Waals surface area contributed by atoms with Crippen LogP contribution in [0.25, 0.3) is 0 Å². The summed E-state index contributed by atoms with van der Waals surface area (Å²) >= 11 is 0. The molecule has 1 rings (SSSR count). The number of aliphatic carboxylic acids is 1. The average molecular weight is 238 g/mol. The van der Waals surface area contributed by atoms with E-state index in [-0.39, 0.29) is 11.5 Å². The summed E-state index contributed by atoms with van der Waals surface area (Å²) in [7, 11) is 0. The molecule has 0 aliphatic carbocycles. The van der Waals surface area contributed by atoms with Gasteiger partial charge in [-0.15, -0.1) is 0 Å². The van der Waals surface area contributed by atoms with E-state index in [1.54, 1.807) is 6.07 Å². The van der Waals surface area contributed by atoms with Crippen molar-refractivity contribution in [1.82, 2.24) is 0 Å². The lowest BCUT2D eigenvalue weighted by atomic mass is 9.95. The van der Waals surface area contributed by atoms with Gasteiger partial charge in [0.25, 0.3) is 0 Å². The zero-order chi connectivity index (χ0) is 13.0. The molecular weight excluding hydrogens is 220 g/mol. The Bertz CT molecular complexity index is 412. The third kappa shape index (κ3) is 3.12. The summed E-state index contributed by atoms with van der Waals surface area (Å²) in [5, 5.41) is 28.2. The second kappa shape index (κ2) is 5.57. The Labute approximate surface area is 101 Å². The molecule has 3 N–H and O–H groups in total. The van der Waals surface area contributed by atoms with Gasteiger partial charge in [0, 0.05) is 11.6 Å². The number of aromatic hydroxyl groups is 2. The number of hydrogen-bond donors (Lipinski definition) is 3. The highest BCUT2D eigenvalue weighted by atomic mass is 16.4. The monoisotopic (exact) mass is 238 g/mol. The first-order valence-electron chi connectivity index (χ1n) is 5.75. The molecule has 0 heterocycles. The number of benzene rings is 1. The molecule has 1 unspecified atom stereocenters. The Morgan fingerprint density at radius 1 is 1.29 bits per heavy atom. The van der Waals surface area contributed by atoms with Crippen LogP contribution in [0.5, 0.6) is 11.5 Å². The predicted molar refractivity (Wildman–Crippen MR) is 64.4 cm³/mol. The molecule has 0 radical (unpaired) electrons. The first-order chi connectivity index (χ1) is 7.97. The largest absolute Gasteiger partial charge is 0.508 e. The van der Waals surface area contributed by atoms with Crippen molar-refractivity contribution in [3.63, 3.8) is 0 Å². The van der Waals surface area contributed by atoms with Gasteiger partial charge >= 0.3 is 5.97 Å². The van der Waals surface area contributed by atoms with Crippen molar-refractivity contribution < 1.29 is 20.1 Å². The fraction of sp³-hybridized carbons (Fsp3) is 0.462. The number of phenols is 2. The number of aryl methyl sites for hydroxylation is 1. The molecule has 1 atom stereocenters. The smallest absolute Gasteiger partial charge is 0.310 e. The van der Waals surface area contributed by atoms with Gasteiger partial charge < -0.3 is 15.3 Å². The highest BCUT2D eigenvalue weighted by molar-refractivity contribution is 5.77. The molecule has 0 spiro atoms. The highest BCUT2D eigenvalue weighted by Gasteiger charge is 2.19.